The largest absolute Gasteiger partial charge is 0.333 e. The SMILES string of the molecule is CC(C)(C)NC(=O)N1CCC(C(=O)c2ccc(F)cc2)CC1. The molecular weight excluding hydrogens is 283 g/mol. The molecule has 1 aliphatic heterocycles. The van der Waals surface area contributed by atoms with Gasteiger partial charge in [0.05, 0.1) is 0 Å². The number of urea groups is 1. The number of carbonyl (C=O) groups excluding carboxylic acids is 2. The molecule has 1 N–H and O–H groups in total. The van der Waals surface area contributed by atoms with E-state index in [9.17, 15) is 14.0 Å². The standard InChI is InChI=1S/C17H23FN2O2/c1-17(2,3)19-16(22)20-10-8-13(9-11-20)15(21)12-4-6-14(18)7-5-12/h4-7,13H,8-11H2,1-3H3,(H,19,22). The first-order valence-electron chi connectivity index (χ1n) is 7.63. The first kappa shape index (κ1) is 16.5. The Kier molecular flexibility index (Phi) is 4.84. The van der Waals surface area contributed by atoms with Crippen molar-refractivity contribution in [3.05, 3.63) is 35.6 Å². The summed E-state index contributed by atoms with van der Waals surface area (Å²) in [5.74, 6) is -0.398. The Morgan fingerprint density at radius 2 is 1.68 bits per heavy atom. The van der Waals surface area contributed by atoms with Crippen LogP contribution in [-0.2, 0) is 0 Å². The molecule has 0 radical (unpaired) electrons. The predicted molar refractivity (Wildman–Crippen MR) is 83.3 cm³/mol. The van der Waals surface area contributed by atoms with Gasteiger partial charge in [-0.2, -0.15) is 0 Å². The van der Waals surface area contributed by atoms with E-state index in [1.165, 1.54) is 24.3 Å². The monoisotopic (exact) mass is 306 g/mol. The summed E-state index contributed by atoms with van der Waals surface area (Å²) in [5.41, 5.74) is 0.275. The number of hydrogen-bond donors (Lipinski definition) is 1. The normalized spacial score (nSPS) is 16.5. The molecule has 1 heterocycles. The average Bonchev–Trinajstić information content (AvgIpc) is 2.46. The summed E-state index contributed by atoms with van der Waals surface area (Å²) in [6.45, 7) is 6.96. The number of amides is 2. The molecule has 1 aliphatic rings. The fourth-order valence-electron chi connectivity index (χ4n) is 2.59. The molecule has 1 fully saturated rings. The summed E-state index contributed by atoms with van der Waals surface area (Å²) < 4.78 is 12.9. The number of rotatable bonds is 2. The number of Topliss-reactive ketones (excluding diaryl/α,β-unsaturated/α-hetero) is 1. The molecular formula is C17H23FN2O2. The van der Waals surface area contributed by atoms with E-state index < -0.39 is 0 Å². The fourth-order valence-corrected chi connectivity index (χ4v) is 2.59. The Labute approximate surface area is 130 Å². The summed E-state index contributed by atoms with van der Waals surface area (Å²) in [5, 5.41) is 2.93. The van der Waals surface area contributed by atoms with E-state index in [0.29, 0.717) is 31.5 Å². The van der Waals surface area contributed by atoms with Gasteiger partial charge in [0.2, 0.25) is 0 Å². The lowest BCUT2D eigenvalue weighted by atomic mass is 9.89. The molecule has 1 aromatic carbocycles. The molecule has 2 amide bonds. The van der Waals surface area contributed by atoms with Gasteiger partial charge in [0, 0.05) is 30.1 Å². The van der Waals surface area contributed by atoms with Crippen LogP contribution in [0.4, 0.5) is 9.18 Å². The zero-order valence-corrected chi connectivity index (χ0v) is 13.4. The zero-order chi connectivity index (χ0) is 16.3. The Bertz CT molecular complexity index is 541. The molecule has 0 bridgehead atoms. The third-order valence-electron chi connectivity index (χ3n) is 3.76. The summed E-state index contributed by atoms with van der Waals surface area (Å²) in [6, 6.07) is 5.57. The van der Waals surface area contributed by atoms with Gasteiger partial charge in [0.25, 0.3) is 0 Å². The smallest absolute Gasteiger partial charge is 0.317 e. The second kappa shape index (κ2) is 6.46. The maximum atomic E-state index is 12.9. The third-order valence-corrected chi connectivity index (χ3v) is 3.76. The van der Waals surface area contributed by atoms with Gasteiger partial charge in [-0.1, -0.05) is 0 Å². The highest BCUT2D eigenvalue weighted by Crippen LogP contribution is 2.22. The van der Waals surface area contributed by atoms with Crippen LogP contribution in [-0.4, -0.2) is 35.3 Å². The van der Waals surface area contributed by atoms with E-state index >= 15 is 0 Å². The quantitative estimate of drug-likeness (QED) is 0.853. The van der Waals surface area contributed by atoms with Crippen LogP contribution in [0.2, 0.25) is 0 Å². The molecule has 2 rings (SSSR count). The van der Waals surface area contributed by atoms with Crippen LogP contribution in [0.5, 0.6) is 0 Å². The number of ketones is 1. The van der Waals surface area contributed by atoms with Gasteiger partial charge in [-0.25, -0.2) is 9.18 Å². The van der Waals surface area contributed by atoms with Crippen LogP contribution in [0, 0.1) is 11.7 Å². The molecule has 22 heavy (non-hydrogen) atoms. The van der Waals surface area contributed by atoms with Crippen LogP contribution in [0.3, 0.4) is 0 Å². The molecule has 4 nitrogen and oxygen atoms in total. The van der Waals surface area contributed by atoms with Crippen LogP contribution in [0.25, 0.3) is 0 Å². The predicted octanol–water partition coefficient (Wildman–Crippen LogP) is 3.23. The fraction of sp³-hybridized carbons (Fsp3) is 0.529. The number of piperidine rings is 1. The Morgan fingerprint density at radius 3 is 2.18 bits per heavy atom. The lowest BCUT2D eigenvalue weighted by Gasteiger charge is -2.33. The molecule has 1 saturated heterocycles. The second-order valence-electron chi connectivity index (χ2n) is 6.81. The number of likely N-dealkylation sites (tertiary alicyclic amines) is 1. The lowest BCUT2D eigenvalue weighted by molar-refractivity contribution is 0.0851. The van der Waals surface area contributed by atoms with Gasteiger partial charge in [0.1, 0.15) is 5.82 Å². The highest BCUT2D eigenvalue weighted by atomic mass is 19.1. The number of nitrogens with one attached hydrogen (secondary N) is 1. The minimum Gasteiger partial charge on any atom is -0.333 e. The Morgan fingerprint density at radius 1 is 1.14 bits per heavy atom. The lowest BCUT2D eigenvalue weighted by Crippen LogP contribution is -2.51. The van der Waals surface area contributed by atoms with Gasteiger partial charge < -0.3 is 10.2 Å². The van der Waals surface area contributed by atoms with E-state index in [2.05, 4.69) is 5.32 Å². The molecule has 120 valence electrons. The molecule has 5 heteroatoms. The van der Waals surface area contributed by atoms with Crippen molar-refractivity contribution >= 4 is 11.8 Å². The Balaban J connectivity index is 1.90. The van der Waals surface area contributed by atoms with Gasteiger partial charge >= 0.3 is 6.03 Å². The number of hydrogen-bond acceptors (Lipinski definition) is 2. The van der Waals surface area contributed by atoms with Crippen LogP contribution in [0.15, 0.2) is 24.3 Å². The Hall–Kier alpha value is -1.91. The van der Waals surface area contributed by atoms with Crippen LogP contribution >= 0.6 is 0 Å². The summed E-state index contributed by atoms with van der Waals surface area (Å²) >= 11 is 0. The highest BCUT2D eigenvalue weighted by molar-refractivity contribution is 5.98. The van der Waals surface area contributed by atoms with Crippen molar-refractivity contribution in [3.63, 3.8) is 0 Å². The van der Waals surface area contributed by atoms with Crippen molar-refractivity contribution in [1.29, 1.82) is 0 Å². The van der Waals surface area contributed by atoms with E-state index in [1.54, 1.807) is 4.90 Å². The van der Waals surface area contributed by atoms with Crippen molar-refractivity contribution in [1.82, 2.24) is 10.2 Å². The highest BCUT2D eigenvalue weighted by Gasteiger charge is 2.29. The van der Waals surface area contributed by atoms with E-state index in [0.717, 1.165) is 0 Å². The number of nitrogens with zero attached hydrogens (tertiary/aromatic N) is 1. The maximum absolute atomic E-state index is 12.9. The molecule has 0 atom stereocenters. The minimum atomic E-state index is -0.342. The summed E-state index contributed by atoms with van der Waals surface area (Å²) in [7, 11) is 0. The molecule has 0 saturated carbocycles. The molecule has 1 aromatic rings. The van der Waals surface area contributed by atoms with E-state index in [1.807, 2.05) is 20.8 Å². The molecule has 0 aromatic heterocycles. The summed E-state index contributed by atoms with van der Waals surface area (Å²) in [6.07, 6.45) is 1.29. The third kappa shape index (κ3) is 4.29. The van der Waals surface area contributed by atoms with E-state index in [4.69, 9.17) is 0 Å². The van der Waals surface area contributed by atoms with Gasteiger partial charge in [-0.3, -0.25) is 4.79 Å². The number of benzene rings is 1. The molecule has 0 spiro atoms. The van der Waals surface area contributed by atoms with Crippen molar-refractivity contribution in [2.24, 2.45) is 5.92 Å². The van der Waals surface area contributed by atoms with Gasteiger partial charge in [-0.05, 0) is 57.9 Å². The topological polar surface area (TPSA) is 49.4 Å². The van der Waals surface area contributed by atoms with Crippen molar-refractivity contribution in [2.75, 3.05) is 13.1 Å². The van der Waals surface area contributed by atoms with Gasteiger partial charge in [-0.15, -0.1) is 0 Å². The molecule has 0 aliphatic carbocycles. The van der Waals surface area contributed by atoms with Crippen molar-refractivity contribution in [3.8, 4) is 0 Å². The zero-order valence-electron chi connectivity index (χ0n) is 13.4. The first-order chi connectivity index (χ1) is 10.3. The van der Waals surface area contributed by atoms with E-state index in [-0.39, 0.29) is 29.1 Å². The number of halogens is 1. The first-order valence-corrected chi connectivity index (χ1v) is 7.63. The van der Waals surface area contributed by atoms with Gasteiger partial charge in [0.15, 0.2) is 5.78 Å². The summed E-state index contributed by atoms with van der Waals surface area (Å²) in [4.78, 5) is 26.2. The molecule has 0 unspecified atom stereocenters. The maximum Gasteiger partial charge on any atom is 0.317 e. The number of carbonyl (C=O) groups is 2. The average molecular weight is 306 g/mol. The van der Waals surface area contributed by atoms with Crippen molar-refractivity contribution < 1.29 is 14.0 Å². The van der Waals surface area contributed by atoms with Crippen molar-refractivity contribution in [2.45, 2.75) is 39.2 Å². The second-order valence-corrected chi connectivity index (χ2v) is 6.81. The minimum absolute atomic E-state index is 0.0379. The van der Waals surface area contributed by atoms with Crippen LogP contribution < -0.4 is 5.32 Å². The van der Waals surface area contributed by atoms with Crippen LogP contribution in [0.1, 0.15) is 44.0 Å².